The van der Waals surface area contributed by atoms with Gasteiger partial charge in [0.15, 0.2) is 11.6 Å². The number of ether oxygens (including phenoxy) is 1. The van der Waals surface area contributed by atoms with Crippen LogP contribution in [-0.2, 0) is 6.54 Å². The van der Waals surface area contributed by atoms with Gasteiger partial charge in [0.25, 0.3) is 0 Å². The quantitative estimate of drug-likeness (QED) is 0.640. The van der Waals surface area contributed by atoms with Crippen LogP contribution in [0.25, 0.3) is 22.8 Å². The van der Waals surface area contributed by atoms with E-state index >= 15 is 0 Å². The van der Waals surface area contributed by atoms with Crippen molar-refractivity contribution in [3.63, 3.8) is 0 Å². The first kappa shape index (κ1) is 17.7. The fourth-order valence-electron chi connectivity index (χ4n) is 3.27. The zero-order valence-electron chi connectivity index (χ0n) is 15.2. The Morgan fingerprint density at radius 2 is 2.04 bits per heavy atom. The number of hydrogen-bond donors (Lipinski definition) is 3. The SMILES string of the molecule is COc1ccc(-c2nc(-c3cccc(CN4CCNC(O)C4)c3)n[nH]2)cc1. The van der Waals surface area contributed by atoms with Gasteiger partial charge in [-0.1, -0.05) is 18.2 Å². The standard InChI is InChI=1S/C20H23N5O2/c1-27-17-7-5-15(6-8-17)19-22-20(24-23-19)16-4-2-3-14(11-16)12-25-10-9-21-18(26)13-25/h2-8,11,18,21,26H,9-10,12-13H2,1H3,(H,22,23,24). The average Bonchev–Trinajstić information content (AvgIpc) is 3.19. The van der Waals surface area contributed by atoms with Gasteiger partial charge < -0.3 is 9.84 Å². The molecule has 1 fully saturated rings. The second kappa shape index (κ2) is 7.87. The van der Waals surface area contributed by atoms with Crippen LogP contribution in [0.3, 0.4) is 0 Å². The fraction of sp³-hybridized carbons (Fsp3) is 0.300. The fourth-order valence-corrected chi connectivity index (χ4v) is 3.27. The van der Waals surface area contributed by atoms with Crippen molar-refractivity contribution in [3.05, 3.63) is 54.1 Å². The number of aliphatic hydroxyl groups excluding tert-OH is 1. The van der Waals surface area contributed by atoms with Gasteiger partial charge in [0.2, 0.25) is 0 Å². The molecule has 2 heterocycles. The minimum atomic E-state index is -0.456. The number of benzene rings is 2. The molecule has 3 N–H and O–H groups in total. The van der Waals surface area contributed by atoms with Gasteiger partial charge in [-0.25, -0.2) is 4.98 Å². The van der Waals surface area contributed by atoms with E-state index in [-0.39, 0.29) is 0 Å². The Kier molecular flexibility index (Phi) is 5.15. The Labute approximate surface area is 158 Å². The van der Waals surface area contributed by atoms with Crippen LogP contribution in [0.4, 0.5) is 0 Å². The Balaban J connectivity index is 1.51. The highest BCUT2D eigenvalue weighted by atomic mass is 16.5. The molecule has 1 aromatic heterocycles. The van der Waals surface area contributed by atoms with E-state index in [1.807, 2.05) is 36.4 Å². The lowest BCUT2D eigenvalue weighted by atomic mass is 10.1. The number of aliphatic hydroxyl groups is 1. The Bertz CT molecular complexity index is 893. The lowest BCUT2D eigenvalue weighted by molar-refractivity contribution is 0.0511. The summed E-state index contributed by atoms with van der Waals surface area (Å²) in [6.07, 6.45) is -0.456. The molecule has 0 amide bonds. The normalized spacial score (nSPS) is 17.8. The zero-order valence-corrected chi connectivity index (χ0v) is 15.2. The van der Waals surface area contributed by atoms with Gasteiger partial charge in [-0.05, 0) is 35.9 Å². The minimum Gasteiger partial charge on any atom is -0.497 e. The number of H-pyrrole nitrogens is 1. The van der Waals surface area contributed by atoms with Crippen LogP contribution in [0.15, 0.2) is 48.5 Å². The van der Waals surface area contributed by atoms with E-state index < -0.39 is 6.23 Å². The molecular weight excluding hydrogens is 342 g/mol. The number of hydrogen-bond acceptors (Lipinski definition) is 6. The summed E-state index contributed by atoms with van der Waals surface area (Å²) in [4.78, 5) is 6.87. The highest BCUT2D eigenvalue weighted by Crippen LogP contribution is 2.23. The molecule has 1 atom stereocenters. The van der Waals surface area contributed by atoms with Crippen molar-refractivity contribution < 1.29 is 9.84 Å². The molecular formula is C20H23N5O2. The van der Waals surface area contributed by atoms with Crippen LogP contribution in [0.2, 0.25) is 0 Å². The number of nitrogens with one attached hydrogen (secondary N) is 2. The van der Waals surface area contributed by atoms with E-state index in [2.05, 4.69) is 37.5 Å². The van der Waals surface area contributed by atoms with Crippen molar-refractivity contribution in [2.75, 3.05) is 26.7 Å². The summed E-state index contributed by atoms with van der Waals surface area (Å²) < 4.78 is 5.19. The third-order valence-corrected chi connectivity index (χ3v) is 4.68. The van der Waals surface area contributed by atoms with Crippen molar-refractivity contribution in [1.82, 2.24) is 25.4 Å². The maximum Gasteiger partial charge on any atom is 0.181 e. The average molecular weight is 365 g/mol. The Hall–Kier alpha value is -2.74. The van der Waals surface area contributed by atoms with Crippen molar-refractivity contribution in [2.45, 2.75) is 12.8 Å². The zero-order chi connectivity index (χ0) is 18.6. The maximum atomic E-state index is 9.75. The molecule has 0 aliphatic carbocycles. The van der Waals surface area contributed by atoms with Gasteiger partial charge >= 0.3 is 0 Å². The summed E-state index contributed by atoms with van der Waals surface area (Å²) >= 11 is 0. The first-order valence-corrected chi connectivity index (χ1v) is 9.01. The van der Waals surface area contributed by atoms with Crippen molar-refractivity contribution in [1.29, 1.82) is 0 Å². The number of methoxy groups -OCH3 is 1. The third-order valence-electron chi connectivity index (χ3n) is 4.68. The number of aromatic nitrogens is 3. The summed E-state index contributed by atoms with van der Waals surface area (Å²) in [5.74, 6) is 2.20. The molecule has 7 heteroatoms. The predicted octanol–water partition coefficient (Wildman–Crippen LogP) is 1.87. The van der Waals surface area contributed by atoms with E-state index in [0.717, 1.165) is 42.3 Å². The highest BCUT2D eigenvalue weighted by Gasteiger charge is 2.17. The molecule has 1 aliphatic heterocycles. The van der Waals surface area contributed by atoms with Crippen molar-refractivity contribution in [2.24, 2.45) is 0 Å². The topological polar surface area (TPSA) is 86.3 Å². The molecule has 0 bridgehead atoms. The molecule has 3 aromatic rings. The van der Waals surface area contributed by atoms with Gasteiger partial charge in [-0.15, -0.1) is 0 Å². The molecule has 1 unspecified atom stereocenters. The molecule has 2 aromatic carbocycles. The molecule has 0 saturated carbocycles. The Morgan fingerprint density at radius 1 is 1.19 bits per heavy atom. The van der Waals surface area contributed by atoms with Gasteiger partial charge in [0, 0.05) is 37.3 Å². The number of β-amino-alcohol motifs (C(OH)–C–C–N with tert-alkyl or cyclic N) is 1. The van der Waals surface area contributed by atoms with Gasteiger partial charge in [-0.3, -0.25) is 15.3 Å². The van der Waals surface area contributed by atoms with Gasteiger partial charge in [0.05, 0.1) is 7.11 Å². The molecule has 0 spiro atoms. The summed E-state index contributed by atoms with van der Waals surface area (Å²) in [5, 5.41) is 20.2. The van der Waals surface area contributed by atoms with E-state index in [4.69, 9.17) is 4.74 Å². The molecule has 1 saturated heterocycles. The second-order valence-electron chi connectivity index (χ2n) is 6.64. The summed E-state index contributed by atoms with van der Waals surface area (Å²) in [6.45, 7) is 3.14. The molecule has 4 rings (SSSR count). The molecule has 0 radical (unpaired) electrons. The van der Waals surface area contributed by atoms with E-state index in [9.17, 15) is 5.11 Å². The smallest absolute Gasteiger partial charge is 0.181 e. The number of rotatable bonds is 5. The van der Waals surface area contributed by atoms with Crippen LogP contribution >= 0.6 is 0 Å². The largest absolute Gasteiger partial charge is 0.497 e. The van der Waals surface area contributed by atoms with Crippen LogP contribution in [-0.4, -0.2) is 58.2 Å². The maximum absolute atomic E-state index is 9.75. The Morgan fingerprint density at radius 3 is 2.81 bits per heavy atom. The lowest BCUT2D eigenvalue weighted by Gasteiger charge is -2.30. The monoisotopic (exact) mass is 365 g/mol. The van der Waals surface area contributed by atoms with Crippen LogP contribution in [0.5, 0.6) is 5.75 Å². The highest BCUT2D eigenvalue weighted by molar-refractivity contribution is 5.62. The van der Waals surface area contributed by atoms with Gasteiger partial charge in [-0.2, -0.15) is 5.10 Å². The minimum absolute atomic E-state index is 0.456. The van der Waals surface area contributed by atoms with Crippen molar-refractivity contribution in [3.8, 4) is 28.5 Å². The molecule has 7 nitrogen and oxygen atoms in total. The predicted molar refractivity (Wildman–Crippen MR) is 103 cm³/mol. The van der Waals surface area contributed by atoms with E-state index in [1.165, 1.54) is 5.56 Å². The number of aromatic amines is 1. The summed E-state index contributed by atoms with van der Waals surface area (Å²) in [7, 11) is 1.65. The molecule has 27 heavy (non-hydrogen) atoms. The van der Waals surface area contributed by atoms with Gasteiger partial charge in [0.1, 0.15) is 12.0 Å². The molecule has 1 aliphatic rings. The van der Waals surface area contributed by atoms with Crippen LogP contribution < -0.4 is 10.1 Å². The van der Waals surface area contributed by atoms with Crippen LogP contribution in [0.1, 0.15) is 5.56 Å². The summed E-state index contributed by atoms with van der Waals surface area (Å²) in [5.41, 5.74) is 3.11. The van der Waals surface area contributed by atoms with Crippen LogP contribution in [0, 0.1) is 0 Å². The van der Waals surface area contributed by atoms with E-state index in [1.54, 1.807) is 7.11 Å². The summed E-state index contributed by atoms with van der Waals surface area (Å²) in [6, 6.07) is 15.9. The van der Waals surface area contributed by atoms with Crippen molar-refractivity contribution >= 4 is 0 Å². The van der Waals surface area contributed by atoms with E-state index in [0.29, 0.717) is 12.4 Å². The first-order valence-electron chi connectivity index (χ1n) is 9.01. The number of piperazine rings is 1. The lowest BCUT2D eigenvalue weighted by Crippen LogP contribution is -2.50. The second-order valence-corrected chi connectivity index (χ2v) is 6.64. The third kappa shape index (κ3) is 4.16. The number of nitrogens with zero attached hydrogens (tertiary/aromatic N) is 3. The molecule has 140 valence electrons. The first-order chi connectivity index (χ1) is 13.2.